The van der Waals surface area contributed by atoms with E-state index in [1.165, 1.54) is 14.6 Å². The van der Waals surface area contributed by atoms with Crippen LogP contribution in [0.15, 0.2) is 71.8 Å². The molecule has 0 bridgehead atoms. The molecule has 3 aromatic heterocycles. The van der Waals surface area contributed by atoms with Crippen molar-refractivity contribution in [1.82, 2.24) is 29.1 Å². The highest BCUT2D eigenvalue weighted by atomic mass is 16.5. The van der Waals surface area contributed by atoms with E-state index in [0.717, 1.165) is 22.6 Å². The van der Waals surface area contributed by atoms with Gasteiger partial charge in [0.2, 0.25) is 5.91 Å². The normalized spacial score (nSPS) is 11.4. The van der Waals surface area contributed by atoms with Crippen LogP contribution in [0.2, 0.25) is 0 Å². The zero-order valence-corrected chi connectivity index (χ0v) is 19.8. The average Bonchev–Trinajstić information content (AvgIpc) is 3.44. The second-order valence-corrected chi connectivity index (χ2v) is 8.69. The van der Waals surface area contributed by atoms with Crippen LogP contribution in [0.4, 0.5) is 0 Å². The van der Waals surface area contributed by atoms with Gasteiger partial charge in [-0.15, -0.1) is 5.10 Å². The maximum atomic E-state index is 12.9. The number of fused-ring (bicyclic) bond motifs is 3. The quantitative estimate of drug-likeness (QED) is 0.394. The van der Waals surface area contributed by atoms with E-state index in [4.69, 9.17) is 4.74 Å². The lowest BCUT2D eigenvalue weighted by Gasteiger charge is -2.06. The van der Waals surface area contributed by atoms with E-state index < -0.39 is 0 Å². The summed E-state index contributed by atoms with van der Waals surface area (Å²) in [5, 5.41) is 11.9. The lowest BCUT2D eigenvalue weighted by Crippen LogP contribution is -2.32. The zero-order chi connectivity index (χ0) is 24.5. The maximum Gasteiger partial charge on any atom is 0.350 e. The van der Waals surface area contributed by atoms with Gasteiger partial charge in [0.25, 0.3) is 0 Å². The van der Waals surface area contributed by atoms with Crippen molar-refractivity contribution in [1.29, 1.82) is 0 Å². The lowest BCUT2D eigenvalue weighted by atomic mass is 10.0. The van der Waals surface area contributed by atoms with Crippen molar-refractivity contribution in [3.63, 3.8) is 0 Å². The first-order valence-electron chi connectivity index (χ1n) is 11.4. The van der Waals surface area contributed by atoms with E-state index in [-0.39, 0.29) is 18.1 Å². The molecule has 0 aliphatic rings. The number of carbonyl (C=O) groups is 1. The minimum atomic E-state index is -0.383. The number of ether oxygens (including phenoxy) is 1. The highest BCUT2D eigenvalue weighted by Crippen LogP contribution is 2.24. The van der Waals surface area contributed by atoms with E-state index >= 15 is 0 Å². The SMILES string of the molecule is COc1ccc(CNC(=O)Cn2nc3c4cc(-c5ccc(C(C)C)cc5)nn4ccn3c2=O)cc1. The number of hydrogen-bond acceptors (Lipinski definition) is 5. The lowest BCUT2D eigenvalue weighted by molar-refractivity contribution is -0.122. The number of benzene rings is 2. The first-order valence-corrected chi connectivity index (χ1v) is 11.4. The number of carbonyl (C=O) groups excluding carboxylic acids is 1. The second-order valence-electron chi connectivity index (χ2n) is 8.69. The smallest absolute Gasteiger partial charge is 0.350 e. The molecule has 0 saturated heterocycles. The summed E-state index contributed by atoms with van der Waals surface area (Å²) in [6.45, 7) is 4.48. The van der Waals surface area contributed by atoms with Crippen molar-refractivity contribution in [2.45, 2.75) is 32.9 Å². The van der Waals surface area contributed by atoms with Crippen LogP contribution in [0.5, 0.6) is 5.75 Å². The molecule has 0 aliphatic carbocycles. The Balaban J connectivity index is 1.37. The summed E-state index contributed by atoms with van der Waals surface area (Å²) >= 11 is 0. The molecule has 0 atom stereocenters. The third-order valence-corrected chi connectivity index (χ3v) is 6.01. The molecule has 0 saturated carbocycles. The van der Waals surface area contributed by atoms with Crippen LogP contribution in [0, 0.1) is 0 Å². The Morgan fingerprint density at radius 2 is 1.77 bits per heavy atom. The number of nitrogens with one attached hydrogen (secondary N) is 1. The average molecular weight is 471 g/mol. The first-order chi connectivity index (χ1) is 16.9. The van der Waals surface area contributed by atoms with Gasteiger partial charge in [0, 0.05) is 24.5 Å². The molecule has 0 radical (unpaired) electrons. The topological polar surface area (TPSA) is 94.9 Å². The summed E-state index contributed by atoms with van der Waals surface area (Å²) in [6.07, 6.45) is 3.33. The van der Waals surface area contributed by atoms with Crippen LogP contribution in [-0.4, -0.2) is 36.8 Å². The molecule has 0 aliphatic heterocycles. The molecule has 1 amide bonds. The molecule has 9 heteroatoms. The van der Waals surface area contributed by atoms with Gasteiger partial charge in [0.15, 0.2) is 5.65 Å². The van der Waals surface area contributed by atoms with Crippen LogP contribution in [0.3, 0.4) is 0 Å². The zero-order valence-electron chi connectivity index (χ0n) is 19.8. The number of rotatable bonds is 7. The van der Waals surface area contributed by atoms with E-state index in [1.807, 2.05) is 42.5 Å². The molecule has 0 unspecified atom stereocenters. The fourth-order valence-corrected chi connectivity index (χ4v) is 3.95. The summed E-state index contributed by atoms with van der Waals surface area (Å²) < 4.78 is 9.44. The molecule has 9 nitrogen and oxygen atoms in total. The summed E-state index contributed by atoms with van der Waals surface area (Å²) in [5.74, 6) is 0.897. The van der Waals surface area contributed by atoms with Gasteiger partial charge in [-0.2, -0.15) is 5.10 Å². The second kappa shape index (κ2) is 9.09. The fourth-order valence-electron chi connectivity index (χ4n) is 3.95. The Morgan fingerprint density at radius 3 is 2.46 bits per heavy atom. The van der Waals surface area contributed by atoms with Gasteiger partial charge < -0.3 is 10.1 Å². The Bertz CT molecular complexity index is 1560. The summed E-state index contributed by atoms with van der Waals surface area (Å²) in [6, 6.07) is 17.6. The third kappa shape index (κ3) is 4.40. The minimum Gasteiger partial charge on any atom is -0.497 e. The van der Waals surface area contributed by atoms with Crippen LogP contribution < -0.4 is 15.7 Å². The van der Waals surface area contributed by atoms with Gasteiger partial charge in [-0.25, -0.2) is 18.4 Å². The molecule has 2 aromatic carbocycles. The molecule has 0 fully saturated rings. The minimum absolute atomic E-state index is 0.180. The van der Waals surface area contributed by atoms with E-state index in [2.05, 4.69) is 41.5 Å². The van der Waals surface area contributed by atoms with Gasteiger partial charge >= 0.3 is 5.69 Å². The Hall–Kier alpha value is -4.40. The molecule has 35 heavy (non-hydrogen) atoms. The molecule has 178 valence electrons. The van der Waals surface area contributed by atoms with Gasteiger partial charge in [-0.1, -0.05) is 50.2 Å². The number of hydrogen-bond donors (Lipinski definition) is 1. The molecule has 1 N–H and O–H groups in total. The fraction of sp³-hybridized carbons (Fsp3) is 0.231. The number of amides is 1. The Kier molecular flexibility index (Phi) is 5.82. The number of aromatic nitrogens is 5. The van der Waals surface area contributed by atoms with E-state index in [9.17, 15) is 9.59 Å². The predicted molar refractivity (Wildman–Crippen MR) is 133 cm³/mol. The van der Waals surface area contributed by atoms with Crippen molar-refractivity contribution in [3.05, 3.63) is 88.6 Å². The number of methoxy groups -OCH3 is 1. The van der Waals surface area contributed by atoms with Crippen molar-refractivity contribution in [2.24, 2.45) is 0 Å². The monoisotopic (exact) mass is 470 g/mol. The molecule has 3 heterocycles. The van der Waals surface area contributed by atoms with Crippen molar-refractivity contribution in [2.75, 3.05) is 7.11 Å². The van der Waals surface area contributed by atoms with Crippen LogP contribution >= 0.6 is 0 Å². The highest BCUT2D eigenvalue weighted by molar-refractivity contribution is 5.77. The van der Waals surface area contributed by atoms with Gasteiger partial charge in [0.1, 0.15) is 17.8 Å². The standard InChI is InChI=1S/C26H26N6O3/c1-17(2)19-6-8-20(9-7-19)22-14-23-25-29-32(26(34)30(25)12-13-31(23)28-22)16-24(33)27-15-18-4-10-21(35-3)11-5-18/h4-14,17H,15-16H2,1-3H3,(H,27,33). The van der Waals surface area contributed by atoms with Crippen LogP contribution in [-0.2, 0) is 17.9 Å². The Labute approximate surface area is 201 Å². The van der Waals surface area contributed by atoms with Gasteiger partial charge in [-0.05, 0) is 35.2 Å². The highest BCUT2D eigenvalue weighted by Gasteiger charge is 2.15. The maximum absolute atomic E-state index is 12.9. The van der Waals surface area contributed by atoms with E-state index in [1.54, 1.807) is 24.0 Å². The first kappa shape index (κ1) is 22.4. The van der Waals surface area contributed by atoms with Crippen molar-refractivity contribution in [3.8, 4) is 17.0 Å². The van der Waals surface area contributed by atoms with E-state index in [0.29, 0.717) is 23.6 Å². The molecular formula is C26H26N6O3. The van der Waals surface area contributed by atoms with Gasteiger partial charge in [0.05, 0.1) is 12.8 Å². The molecule has 5 aromatic rings. The largest absolute Gasteiger partial charge is 0.497 e. The molecule has 5 rings (SSSR count). The van der Waals surface area contributed by atoms with Crippen LogP contribution in [0.25, 0.3) is 22.4 Å². The van der Waals surface area contributed by atoms with Crippen LogP contribution in [0.1, 0.15) is 30.9 Å². The molecular weight excluding hydrogens is 444 g/mol. The Morgan fingerprint density at radius 1 is 1.03 bits per heavy atom. The van der Waals surface area contributed by atoms with Crippen molar-refractivity contribution < 1.29 is 9.53 Å². The summed E-state index contributed by atoms with van der Waals surface area (Å²) in [7, 11) is 1.60. The predicted octanol–water partition coefficient (Wildman–Crippen LogP) is 3.26. The summed E-state index contributed by atoms with van der Waals surface area (Å²) in [5.41, 5.74) is 4.70. The third-order valence-electron chi connectivity index (χ3n) is 6.01. The summed E-state index contributed by atoms with van der Waals surface area (Å²) in [4.78, 5) is 25.4. The van der Waals surface area contributed by atoms with Gasteiger partial charge in [-0.3, -0.25) is 4.79 Å². The molecule has 0 spiro atoms. The number of nitrogens with zero attached hydrogens (tertiary/aromatic N) is 5. The van der Waals surface area contributed by atoms with Crippen molar-refractivity contribution >= 4 is 17.1 Å².